The third kappa shape index (κ3) is 5.76. The normalized spacial score (nSPS) is 28.0. The van der Waals surface area contributed by atoms with Crippen LogP contribution in [0.1, 0.15) is 25.8 Å². The molecule has 2 aromatic rings. The molecule has 1 saturated carbocycles. The first kappa shape index (κ1) is 25.3. The minimum atomic E-state index is -5.66. The highest BCUT2D eigenvalue weighted by molar-refractivity contribution is 7.66. The van der Waals surface area contributed by atoms with E-state index in [2.05, 4.69) is 28.1 Å². The number of aliphatic hydroxyl groups is 1. The molecule has 0 aromatic carbocycles. The summed E-state index contributed by atoms with van der Waals surface area (Å²) in [5, 5.41) is 10.5. The van der Waals surface area contributed by atoms with E-state index in [1.54, 1.807) is 0 Å². The van der Waals surface area contributed by atoms with Crippen LogP contribution in [0.4, 0.5) is 10.2 Å². The summed E-state index contributed by atoms with van der Waals surface area (Å²) in [7, 11) is -16.5. The molecule has 7 N–H and O–H groups in total. The second-order valence-corrected chi connectivity index (χ2v) is 11.7. The molecule has 0 spiro atoms. The van der Waals surface area contributed by atoms with E-state index in [0.29, 0.717) is 0 Å². The van der Waals surface area contributed by atoms with Crippen molar-refractivity contribution in [1.29, 1.82) is 0 Å². The van der Waals surface area contributed by atoms with Crippen LogP contribution in [0, 0.1) is 11.5 Å². The number of aromatic nitrogens is 4. The van der Waals surface area contributed by atoms with Crippen molar-refractivity contribution in [1.82, 2.24) is 19.5 Å². The third-order valence-electron chi connectivity index (χ3n) is 4.79. The number of phosphoric ester groups is 1. The van der Waals surface area contributed by atoms with Gasteiger partial charge in [-0.15, -0.1) is 0 Å². The van der Waals surface area contributed by atoms with Gasteiger partial charge in [0, 0.05) is 11.5 Å². The van der Waals surface area contributed by atoms with Gasteiger partial charge in [-0.05, 0) is 12.8 Å². The molecule has 1 aliphatic rings. The van der Waals surface area contributed by atoms with Gasteiger partial charge < -0.3 is 35.0 Å². The lowest BCUT2D eigenvalue weighted by atomic mass is 9.87. The first-order chi connectivity index (χ1) is 14.5. The van der Waals surface area contributed by atoms with Crippen LogP contribution in [-0.2, 0) is 26.8 Å². The van der Waals surface area contributed by atoms with Crippen molar-refractivity contribution < 1.29 is 55.9 Å². The van der Waals surface area contributed by atoms with Gasteiger partial charge in [-0.2, -0.15) is 23.0 Å². The highest BCUT2D eigenvalue weighted by atomic mass is 31.3. The average Bonchev–Trinajstić information content (AvgIpc) is 3.12. The summed E-state index contributed by atoms with van der Waals surface area (Å²) in [6.45, 7) is 0.803. The van der Waals surface area contributed by atoms with Crippen LogP contribution < -0.4 is 5.73 Å². The van der Waals surface area contributed by atoms with E-state index in [0.717, 1.165) is 0 Å². The highest BCUT2D eigenvalue weighted by Crippen LogP contribution is 2.66. The van der Waals surface area contributed by atoms with E-state index in [1.807, 2.05) is 0 Å². The van der Waals surface area contributed by atoms with Crippen molar-refractivity contribution in [2.24, 2.45) is 5.41 Å². The number of phosphoric acid groups is 3. The molecular formula is C12H19FN5O11P3. The minimum Gasteiger partial charge on any atom is -0.392 e. The average molecular weight is 521 g/mol. The molecule has 0 saturated heterocycles. The molecular weight excluding hydrogens is 502 g/mol. The molecule has 0 radical (unpaired) electrons. The molecule has 0 amide bonds. The number of imidazole rings is 1. The molecule has 3 rings (SSSR count). The van der Waals surface area contributed by atoms with E-state index in [9.17, 15) is 33.0 Å². The Morgan fingerprint density at radius 1 is 1.22 bits per heavy atom. The van der Waals surface area contributed by atoms with E-state index in [-0.39, 0.29) is 29.8 Å². The Kier molecular flexibility index (Phi) is 6.68. The zero-order valence-electron chi connectivity index (χ0n) is 16.1. The number of hydrogen-bond acceptors (Lipinski definition) is 11. The van der Waals surface area contributed by atoms with Gasteiger partial charge in [0.05, 0.1) is 19.0 Å². The Hall–Kier alpha value is -1.35. The van der Waals surface area contributed by atoms with Crippen molar-refractivity contribution in [2.75, 3.05) is 12.3 Å². The number of aliphatic hydroxyl groups excluding tert-OH is 1. The van der Waals surface area contributed by atoms with Gasteiger partial charge in [0.15, 0.2) is 11.5 Å². The number of rotatable bonds is 8. The Bertz CT molecular complexity index is 1170. The fourth-order valence-corrected chi connectivity index (χ4v) is 6.53. The number of hydrogen-bond donors (Lipinski definition) is 6. The predicted octanol–water partition coefficient (Wildman–Crippen LogP) is 0.593. The van der Waals surface area contributed by atoms with Crippen molar-refractivity contribution in [3.05, 3.63) is 12.4 Å². The molecule has 5 atom stereocenters. The topological polar surface area (TPSA) is 250 Å². The molecule has 1 aliphatic carbocycles. The standard InChI is InChI=1S/C12H19FN5O11P3/c1-12(4-27-31(23,24)29-32(25,26)28-30(20,21)22)3-6(2-7(12)19)18-5-15-8-9(14)16-11(13)17-10(8)18/h5-7,19H,2-4H2,1H3,(H,23,24)(H,25,26)(H2,14,16,17)(H2,20,21,22)/t6-,7-,12+/m0/s1. The highest BCUT2D eigenvalue weighted by Gasteiger charge is 2.47. The smallest absolute Gasteiger partial charge is 0.392 e. The Labute approximate surface area is 178 Å². The maximum atomic E-state index is 13.6. The summed E-state index contributed by atoms with van der Waals surface area (Å²) >= 11 is 0. The van der Waals surface area contributed by atoms with E-state index in [1.165, 1.54) is 17.8 Å². The summed E-state index contributed by atoms with van der Waals surface area (Å²) in [4.78, 5) is 47.0. The number of nitrogens with two attached hydrogens (primary N) is 1. The number of fused-ring (bicyclic) bond motifs is 1. The summed E-state index contributed by atoms with van der Waals surface area (Å²) in [5.74, 6) is -0.180. The molecule has 32 heavy (non-hydrogen) atoms. The molecule has 0 bridgehead atoms. The summed E-state index contributed by atoms with van der Waals surface area (Å²) < 4.78 is 61.0. The van der Waals surface area contributed by atoms with Gasteiger partial charge in [-0.25, -0.2) is 18.7 Å². The number of anilines is 1. The minimum absolute atomic E-state index is 0.0735. The molecule has 0 aliphatic heterocycles. The lowest BCUT2D eigenvalue weighted by Crippen LogP contribution is -2.31. The fraction of sp³-hybridized carbons (Fsp3) is 0.583. The third-order valence-corrected chi connectivity index (χ3v) is 8.57. The second kappa shape index (κ2) is 8.46. The Morgan fingerprint density at radius 3 is 2.50 bits per heavy atom. The zero-order chi connectivity index (χ0) is 24.1. The van der Waals surface area contributed by atoms with E-state index < -0.39 is 53.7 Å². The molecule has 2 heterocycles. The molecule has 2 unspecified atom stereocenters. The lowest BCUT2D eigenvalue weighted by Gasteiger charge is -2.28. The lowest BCUT2D eigenvalue weighted by molar-refractivity contribution is 0.0188. The molecule has 16 nitrogen and oxygen atoms in total. The first-order valence-corrected chi connectivity index (χ1v) is 13.1. The van der Waals surface area contributed by atoms with E-state index in [4.69, 9.17) is 15.5 Å². The van der Waals surface area contributed by atoms with Crippen LogP contribution >= 0.6 is 23.5 Å². The van der Waals surface area contributed by atoms with Gasteiger partial charge in [0.2, 0.25) is 0 Å². The van der Waals surface area contributed by atoms with Gasteiger partial charge in [-0.1, -0.05) is 6.92 Å². The number of halogens is 1. The number of nitrogens with zero attached hydrogens (tertiary/aromatic N) is 4. The van der Waals surface area contributed by atoms with E-state index >= 15 is 0 Å². The quantitative estimate of drug-likeness (QED) is 0.205. The van der Waals surface area contributed by atoms with Crippen molar-refractivity contribution in [2.45, 2.75) is 31.9 Å². The maximum absolute atomic E-state index is 13.6. The summed E-state index contributed by atoms with van der Waals surface area (Å²) in [5.41, 5.74) is 4.63. The molecule has 180 valence electrons. The van der Waals surface area contributed by atoms with Crippen LogP contribution in [0.5, 0.6) is 0 Å². The van der Waals surface area contributed by atoms with Gasteiger partial charge in [-0.3, -0.25) is 4.52 Å². The van der Waals surface area contributed by atoms with Crippen molar-refractivity contribution in [3.63, 3.8) is 0 Å². The van der Waals surface area contributed by atoms with Crippen LogP contribution in [0.15, 0.2) is 6.33 Å². The second-order valence-electron chi connectivity index (χ2n) is 7.33. The predicted molar refractivity (Wildman–Crippen MR) is 102 cm³/mol. The largest absolute Gasteiger partial charge is 0.490 e. The Morgan fingerprint density at radius 2 is 1.88 bits per heavy atom. The zero-order valence-corrected chi connectivity index (χ0v) is 18.8. The van der Waals surface area contributed by atoms with Crippen LogP contribution in [0.3, 0.4) is 0 Å². The van der Waals surface area contributed by atoms with Crippen LogP contribution in [-0.4, -0.2) is 56.9 Å². The number of nitrogen functional groups attached to an aromatic ring is 1. The summed E-state index contributed by atoms with van der Waals surface area (Å²) in [6, 6.07) is -0.516. The van der Waals surface area contributed by atoms with Crippen LogP contribution in [0.2, 0.25) is 0 Å². The summed E-state index contributed by atoms with van der Waals surface area (Å²) in [6.07, 6.45) is -0.707. The maximum Gasteiger partial charge on any atom is 0.490 e. The SMILES string of the molecule is C[C@]1(COP(=O)(O)OP(=O)(O)OP(=O)(O)O)C[C@@H](n2cnc3c(N)nc(F)nc32)C[C@@H]1O. The molecule has 2 aromatic heterocycles. The Balaban J connectivity index is 1.73. The van der Waals surface area contributed by atoms with Gasteiger partial charge in [0.25, 0.3) is 0 Å². The van der Waals surface area contributed by atoms with Crippen molar-refractivity contribution in [3.8, 4) is 0 Å². The first-order valence-electron chi connectivity index (χ1n) is 8.62. The van der Waals surface area contributed by atoms with Crippen LogP contribution in [0.25, 0.3) is 11.2 Å². The molecule has 1 fully saturated rings. The van der Waals surface area contributed by atoms with Gasteiger partial charge >= 0.3 is 29.5 Å². The molecule has 20 heteroatoms. The fourth-order valence-electron chi connectivity index (χ4n) is 3.38. The monoisotopic (exact) mass is 521 g/mol. The van der Waals surface area contributed by atoms with Gasteiger partial charge in [0.1, 0.15) is 5.52 Å². The van der Waals surface area contributed by atoms with Crippen molar-refractivity contribution >= 4 is 40.4 Å².